The van der Waals surface area contributed by atoms with Crippen molar-refractivity contribution in [3.8, 4) is 28.8 Å². The summed E-state index contributed by atoms with van der Waals surface area (Å²) in [4.78, 5) is 4.61. The maximum atomic E-state index is 9.53. The molecule has 0 aliphatic rings. The minimum Gasteiger partial charge on any atom is -0.493 e. The Kier molecular flexibility index (Phi) is 5.74. The normalized spacial score (nSPS) is 11.0. The number of thiazole rings is 1. The van der Waals surface area contributed by atoms with Gasteiger partial charge in [0.2, 0.25) is 0 Å². The molecule has 27 heavy (non-hydrogen) atoms. The fourth-order valence-corrected chi connectivity index (χ4v) is 3.35. The fraction of sp³-hybridized carbons (Fsp3) is 0.143. The molecule has 0 unspecified atom stereocenters. The van der Waals surface area contributed by atoms with Crippen LogP contribution in [0.25, 0.3) is 16.8 Å². The number of rotatable bonds is 6. The molecule has 0 aliphatic carbocycles. The van der Waals surface area contributed by atoms with Gasteiger partial charge in [-0.05, 0) is 36.8 Å². The van der Waals surface area contributed by atoms with Gasteiger partial charge in [-0.3, -0.25) is 0 Å². The van der Waals surface area contributed by atoms with E-state index in [9.17, 15) is 5.26 Å². The summed E-state index contributed by atoms with van der Waals surface area (Å²) in [6.07, 6.45) is 1.69. The van der Waals surface area contributed by atoms with Crippen LogP contribution in [-0.2, 0) is 0 Å². The number of aromatic nitrogens is 1. The van der Waals surface area contributed by atoms with Crippen molar-refractivity contribution in [2.24, 2.45) is 0 Å². The Morgan fingerprint density at radius 1 is 1.15 bits per heavy atom. The first-order valence-electron chi connectivity index (χ1n) is 8.27. The fourth-order valence-electron chi connectivity index (χ4n) is 2.55. The van der Waals surface area contributed by atoms with Gasteiger partial charge in [0.25, 0.3) is 0 Å². The summed E-state index contributed by atoms with van der Waals surface area (Å²) >= 11 is 1.43. The van der Waals surface area contributed by atoms with E-state index < -0.39 is 0 Å². The first-order valence-corrected chi connectivity index (χ1v) is 9.15. The molecule has 1 heterocycles. The summed E-state index contributed by atoms with van der Waals surface area (Å²) in [5, 5.41) is 15.3. The van der Waals surface area contributed by atoms with Crippen molar-refractivity contribution >= 4 is 22.6 Å². The number of para-hydroxylation sites is 1. The predicted molar refractivity (Wildman–Crippen MR) is 109 cm³/mol. The molecule has 6 heteroatoms. The van der Waals surface area contributed by atoms with E-state index in [-0.39, 0.29) is 0 Å². The van der Waals surface area contributed by atoms with Gasteiger partial charge in [-0.25, -0.2) is 4.98 Å². The third kappa shape index (κ3) is 4.10. The summed E-state index contributed by atoms with van der Waals surface area (Å²) in [5.74, 6) is 1.30. The second-order valence-corrected chi connectivity index (χ2v) is 6.59. The van der Waals surface area contributed by atoms with E-state index in [1.165, 1.54) is 11.3 Å². The highest BCUT2D eigenvalue weighted by Gasteiger charge is 2.12. The van der Waals surface area contributed by atoms with E-state index in [1.807, 2.05) is 54.8 Å². The predicted octanol–water partition coefficient (Wildman–Crippen LogP) is 5.11. The van der Waals surface area contributed by atoms with Gasteiger partial charge in [-0.1, -0.05) is 18.2 Å². The summed E-state index contributed by atoms with van der Waals surface area (Å²) in [7, 11) is 3.20. The number of methoxy groups -OCH3 is 2. The number of ether oxygens (including phenoxy) is 2. The van der Waals surface area contributed by atoms with Crippen molar-refractivity contribution in [3.63, 3.8) is 0 Å². The number of hydrogen-bond acceptors (Lipinski definition) is 6. The first-order chi connectivity index (χ1) is 13.2. The molecule has 0 fully saturated rings. The van der Waals surface area contributed by atoms with Crippen LogP contribution >= 0.6 is 11.3 Å². The Balaban J connectivity index is 1.86. The van der Waals surface area contributed by atoms with Crippen LogP contribution in [0, 0.1) is 18.3 Å². The summed E-state index contributed by atoms with van der Waals surface area (Å²) in [6, 6.07) is 15.8. The zero-order chi connectivity index (χ0) is 19.2. The van der Waals surface area contributed by atoms with Crippen molar-refractivity contribution in [3.05, 3.63) is 64.6 Å². The van der Waals surface area contributed by atoms with Crippen LogP contribution in [0.3, 0.4) is 0 Å². The lowest BCUT2D eigenvalue weighted by atomic mass is 10.1. The minimum absolute atomic E-state index is 0.481. The molecule has 1 N–H and O–H groups in total. The molecule has 5 nitrogen and oxygen atoms in total. The number of hydrogen-bond donors (Lipinski definition) is 1. The van der Waals surface area contributed by atoms with Gasteiger partial charge in [0.05, 0.1) is 19.9 Å². The van der Waals surface area contributed by atoms with Crippen LogP contribution in [0.4, 0.5) is 5.69 Å². The summed E-state index contributed by atoms with van der Waals surface area (Å²) < 4.78 is 10.6. The molecule has 1 aromatic heterocycles. The third-order valence-electron chi connectivity index (χ3n) is 4.05. The van der Waals surface area contributed by atoms with Crippen LogP contribution < -0.4 is 14.8 Å². The Morgan fingerprint density at radius 2 is 1.93 bits per heavy atom. The molecular formula is C21H19N3O2S. The smallest absolute Gasteiger partial charge is 0.161 e. The van der Waals surface area contributed by atoms with Gasteiger partial charge < -0.3 is 14.8 Å². The molecule has 0 atom stereocenters. The molecule has 2 aromatic carbocycles. The zero-order valence-corrected chi connectivity index (χ0v) is 16.1. The van der Waals surface area contributed by atoms with Gasteiger partial charge in [0.1, 0.15) is 16.6 Å². The topological polar surface area (TPSA) is 67.2 Å². The summed E-state index contributed by atoms with van der Waals surface area (Å²) in [5.41, 5.74) is 4.24. The highest BCUT2D eigenvalue weighted by atomic mass is 32.1. The van der Waals surface area contributed by atoms with Gasteiger partial charge in [-0.2, -0.15) is 5.26 Å². The van der Waals surface area contributed by atoms with E-state index in [0.717, 1.165) is 22.5 Å². The highest BCUT2D eigenvalue weighted by Crippen LogP contribution is 2.33. The van der Waals surface area contributed by atoms with Crippen LogP contribution in [0.15, 0.2) is 54.0 Å². The van der Waals surface area contributed by atoms with Crippen molar-refractivity contribution in [2.45, 2.75) is 6.92 Å². The maximum absolute atomic E-state index is 9.53. The first kappa shape index (κ1) is 18.5. The van der Waals surface area contributed by atoms with Crippen molar-refractivity contribution < 1.29 is 9.47 Å². The van der Waals surface area contributed by atoms with E-state index in [0.29, 0.717) is 22.1 Å². The summed E-state index contributed by atoms with van der Waals surface area (Å²) in [6.45, 7) is 2.01. The van der Waals surface area contributed by atoms with E-state index in [2.05, 4.69) is 16.4 Å². The van der Waals surface area contributed by atoms with Gasteiger partial charge in [0, 0.05) is 22.8 Å². The van der Waals surface area contributed by atoms with Crippen LogP contribution in [-0.4, -0.2) is 19.2 Å². The van der Waals surface area contributed by atoms with Crippen molar-refractivity contribution in [2.75, 3.05) is 19.5 Å². The molecule has 3 aromatic rings. The number of anilines is 1. The number of benzene rings is 2. The van der Waals surface area contributed by atoms with E-state index in [1.54, 1.807) is 20.4 Å². The Bertz CT molecular complexity index is 1020. The quantitative estimate of drug-likeness (QED) is 0.605. The second-order valence-electron chi connectivity index (χ2n) is 5.74. The molecular weight excluding hydrogens is 358 g/mol. The lowest BCUT2D eigenvalue weighted by molar-refractivity contribution is 0.355. The van der Waals surface area contributed by atoms with Crippen LogP contribution in [0.5, 0.6) is 11.5 Å². The number of aryl methyl sites for hydroxylation is 1. The third-order valence-corrected chi connectivity index (χ3v) is 4.93. The zero-order valence-electron chi connectivity index (χ0n) is 15.3. The molecule has 3 rings (SSSR count). The average Bonchev–Trinajstić information content (AvgIpc) is 3.19. The molecule has 136 valence electrons. The van der Waals surface area contributed by atoms with Gasteiger partial charge in [-0.15, -0.1) is 11.3 Å². The molecule has 0 spiro atoms. The molecule has 0 saturated carbocycles. The monoisotopic (exact) mass is 377 g/mol. The number of nitriles is 1. The highest BCUT2D eigenvalue weighted by molar-refractivity contribution is 7.11. The largest absolute Gasteiger partial charge is 0.493 e. The van der Waals surface area contributed by atoms with E-state index in [4.69, 9.17) is 9.47 Å². The Morgan fingerprint density at radius 3 is 2.63 bits per heavy atom. The average molecular weight is 377 g/mol. The van der Waals surface area contributed by atoms with E-state index >= 15 is 0 Å². The lowest BCUT2D eigenvalue weighted by Crippen LogP contribution is -1.93. The second kappa shape index (κ2) is 8.39. The van der Waals surface area contributed by atoms with Gasteiger partial charge >= 0.3 is 0 Å². The van der Waals surface area contributed by atoms with Crippen molar-refractivity contribution in [1.82, 2.24) is 4.98 Å². The Hall–Kier alpha value is -3.30. The van der Waals surface area contributed by atoms with Crippen molar-refractivity contribution in [1.29, 1.82) is 5.26 Å². The molecule has 0 radical (unpaired) electrons. The van der Waals surface area contributed by atoms with Crippen LogP contribution in [0.1, 0.15) is 10.6 Å². The molecule has 0 bridgehead atoms. The molecule has 0 aliphatic heterocycles. The van der Waals surface area contributed by atoms with Gasteiger partial charge in [0.15, 0.2) is 11.5 Å². The standard InChI is InChI=1S/C21H19N3O2S/c1-14-6-4-5-7-17(14)23-12-16(11-22)21-24-18(13-27-21)15-8-9-19(25-2)20(10-15)26-3/h4-10,12-13,23H,1-3H3. The number of nitrogens with zero attached hydrogens (tertiary/aromatic N) is 2. The lowest BCUT2D eigenvalue weighted by Gasteiger charge is -2.08. The van der Waals surface area contributed by atoms with Crippen LogP contribution in [0.2, 0.25) is 0 Å². The number of allylic oxidation sites excluding steroid dienone is 1. The minimum atomic E-state index is 0.481. The molecule has 0 saturated heterocycles. The number of nitrogens with one attached hydrogen (secondary N) is 1. The maximum Gasteiger partial charge on any atom is 0.161 e. The SMILES string of the molecule is COc1ccc(-c2csc(C(C#N)=CNc3ccccc3C)n2)cc1OC. The Labute approximate surface area is 162 Å². The molecule has 0 amide bonds.